The number of aliphatic hydroxyl groups is 3. The van der Waals surface area contributed by atoms with E-state index in [4.69, 9.17) is 15.6 Å². The Morgan fingerprint density at radius 3 is 2.48 bits per heavy atom. The molecule has 5 N–H and O–H groups in total. The number of halogens is 3. The van der Waals surface area contributed by atoms with Gasteiger partial charge in [0, 0.05) is 6.20 Å². The maximum absolute atomic E-state index is 12.7. The molecular weight excluding hydrogens is 299 g/mol. The SMILES string of the molecule is Nc1nc(=O)n([C@@H]2O[C@H](CO)[C@@H](O)[C@H]2O)cc1C(F)(F)F. The van der Waals surface area contributed by atoms with Crippen LogP contribution in [0, 0.1) is 0 Å². The van der Waals surface area contributed by atoms with E-state index in [-0.39, 0.29) is 0 Å². The van der Waals surface area contributed by atoms with Gasteiger partial charge in [-0.1, -0.05) is 0 Å². The number of alkyl halides is 3. The summed E-state index contributed by atoms with van der Waals surface area (Å²) in [6.07, 6.45) is -10.6. The standard InChI is InChI=1S/C10H12F3N3O5/c11-10(12,13)3-1-16(9(20)15-7(3)14)8-6(19)5(18)4(2-17)21-8/h1,4-6,8,17-19H,2H2,(H2,14,15,20)/t4-,5-,6-,8-/m1/s1. The highest BCUT2D eigenvalue weighted by Crippen LogP contribution is 2.34. The molecule has 21 heavy (non-hydrogen) atoms. The van der Waals surface area contributed by atoms with E-state index >= 15 is 0 Å². The smallest absolute Gasteiger partial charge is 0.394 e. The van der Waals surface area contributed by atoms with Crippen molar-refractivity contribution in [2.24, 2.45) is 0 Å². The second kappa shape index (κ2) is 5.26. The van der Waals surface area contributed by atoms with Gasteiger partial charge in [-0.05, 0) is 0 Å². The zero-order chi connectivity index (χ0) is 15.9. The van der Waals surface area contributed by atoms with Gasteiger partial charge in [0.2, 0.25) is 0 Å². The first-order chi connectivity index (χ1) is 9.66. The topological polar surface area (TPSA) is 131 Å². The minimum absolute atomic E-state index is 0.352. The minimum atomic E-state index is -4.86. The Labute approximate surface area is 115 Å². The molecular formula is C10H12F3N3O5. The fourth-order valence-corrected chi connectivity index (χ4v) is 1.99. The van der Waals surface area contributed by atoms with Gasteiger partial charge in [0.1, 0.15) is 29.7 Å². The Bertz CT molecular complexity index is 590. The van der Waals surface area contributed by atoms with E-state index in [1.807, 2.05) is 0 Å². The van der Waals surface area contributed by atoms with E-state index in [1.165, 1.54) is 0 Å². The molecule has 0 saturated carbocycles. The lowest BCUT2D eigenvalue weighted by atomic mass is 10.1. The molecule has 0 radical (unpaired) electrons. The summed E-state index contributed by atoms with van der Waals surface area (Å²) < 4.78 is 43.6. The van der Waals surface area contributed by atoms with Crippen LogP contribution >= 0.6 is 0 Å². The lowest BCUT2D eigenvalue weighted by molar-refractivity contribution is -0.138. The lowest BCUT2D eigenvalue weighted by Crippen LogP contribution is -2.37. The van der Waals surface area contributed by atoms with Crippen LogP contribution in [0.1, 0.15) is 11.8 Å². The van der Waals surface area contributed by atoms with Crippen LogP contribution in [0.2, 0.25) is 0 Å². The fraction of sp³-hybridized carbons (Fsp3) is 0.600. The van der Waals surface area contributed by atoms with Crippen LogP contribution < -0.4 is 11.4 Å². The van der Waals surface area contributed by atoms with Gasteiger partial charge < -0.3 is 25.8 Å². The van der Waals surface area contributed by atoms with Crippen LogP contribution in [0.3, 0.4) is 0 Å². The summed E-state index contributed by atoms with van der Waals surface area (Å²) in [6, 6.07) is 0. The van der Waals surface area contributed by atoms with Crippen molar-refractivity contribution in [1.29, 1.82) is 0 Å². The highest BCUT2D eigenvalue weighted by atomic mass is 19.4. The van der Waals surface area contributed by atoms with Gasteiger partial charge in [0.05, 0.1) is 6.61 Å². The highest BCUT2D eigenvalue weighted by Gasteiger charge is 2.45. The van der Waals surface area contributed by atoms with Gasteiger partial charge in [-0.25, -0.2) is 4.79 Å². The third-order valence-electron chi connectivity index (χ3n) is 3.08. The van der Waals surface area contributed by atoms with Crippen molar-refractivity contribution in [2.45, 2.75) is 30.7 Å². The Kier molecular flexibility index (Phi) is 3.93. The number of hydrogen-bond donors (Lipinski definition) is 4. The first-order valence-electron chi connectivity index (χ1n) is 5.75. The van der Waals surface area contributed by atoms with E-state index in [2.05, 4.69) is 4.98 Å². The number of rotatable bonds is 2. The number of nitrogen functional groups attached to an aromatic ring is 1. The molecule has 4 atom stereocenters. The molecule has 0 aliphatic carbocycles. The number of nitrogens with zero attached hydrogens (tertiary/aromatic N) is 2. The van der Waals surface area contributed by atoms with Crippen molar-refractivity contribution in [2.75, 3.05) is 12.3 Å². The van der Waals surface area contributed by atoms with Gasteiger partial charge >= 0.3 is 11.9 Å². The first-order valence-corrected chi connectivity index (χ1v) is 5.75. The molecule has 0 bridgehead atoms. The average molecular weight is 311 g/mol. The molecule has 0 spiro atoms. The third-order valence-corrected chi connectivity index (χ3v) is 3.08. The summed E-state index contributed by atoms with van der Waals surface area (Å²) in [7, 11) is 0. The van der Waals surface area contributed by atoms with E-state index < -0.39 is 54.4 Å². The van der Waals surface area contributed by atoms with Gasteiger partial charge in [-0.15, -0.1) is 0 Å². The van der Waals surface area contributed by atoms with Crippen LogP contribution in [0.5, 0.6) is 0 Å². The van der Waals surface area contributed by atoms with Crippen molar-refractivity contribution in [3.8, 4) is 0 Å². The quantitative estimate of drug-likeness (QED) is 0.520. The summed E-state index contributed by atoms with van der Waals surface area (Å²) >= 11 is 0. The van der Waals surface area contributed by atoms with E-state index in [0.29, 0.717) is 10.8 Å². The molecule has 0 unspecified atom stereocenters. The molecule has 11 heteroatoms. The van der Waals surface area contributed by atoms with Crippen molar-refractivity contribution in [3.63, 3.8) is 0 Å². The number of ether oxygens (including phenoxy) is 1. The summed E-state index contributed by atoms with van der Waals surface area (Å²) in [5.41, 5.74) is 2.49. The molecule has 1 aliphatic heterocycles. The summed E-state index contributed by atoms with van der Waals surface area (Å²) in [6.45, 7) is -0.683. The summed E-state index contributed by atoms with van der Waals surface area (Å²) in [5, 5.41) is 28.2. The van der Waals surface area contributed by atoms with Crippen molar-refractivity contribution < 1.29 is 33.2 Å². The zero-order valence-corrected chi connectivity index (χ0v) is 10.4. The molecule has 1 aromatic heterocycles. The molecule has 0 aromatic carbocycles. The third kappa shape index (κ3) is 2.72. The zero-order valence-electron chi connectivity index (χ0n) is 10.4. The second-order valence-corrected chi connectivity index (χ2v) is 4.46. The minimum Gasteiger partial charge on any atom is -0.394 e. The van der Waals surface area contributed by atoms with Gasteiger partial charge in [-0.2, -0.15) is 18.2 Å². The monoisotopic (exact) mass is 311 g/mol. The largest absolute Gasteiger partial charge is 0.421 e. The number of aliphatic hydroxyl groups excluding tert-OH is 3. The Balaban J connectivity index is 2.48. The van der Waals surface area contributed by atoms with Crippen LogP contribution in [0.25, 0.3) is 0 Å². The average Bonchev–Trinajstić information content (AvgIpc) is 2.65. The van der Waals surface area contributed by atoms with E-state index in [1.54, 1.807) is 0 Å². The fourth-order valence-electron chi connectivity index (χ4n) is 1.99. The lowest BCUT2D eigenvalue weighted by Gasteiger charge is -2.19. The predicted octanol–water partition coefficient (Wildman–Crippen LogP) is -1.54. The van der Waals surface area contributed by atoms with Crippen LogP contribution in [-0.2, 0) is 10.9 Å². The molecule has 2 rings (SSSR count). The number of anilines is 1. The molecule has 0 amide bonds. The Morgan fingerprint density at radius 2 is 2.00 bits per heavy atom. The molecule has 1 aliphatic rings. The van der Waals surface area contributed by atoms with E-state index in [0.717, 1.165) is 0 Å². The molecule has 1 fully saturated rings. The van der Waals surface area contributed by atoms with Crippen molar-refractivity contribution in [1.82, 2.24) is 9.55 Å². The Hall–Kier alpha value is -1.69. The van der Waals surface area contributed by atoms with Gasteiger partial charge in [0.25, 0.3) is 0 Å². The molecule has 118 valence electrons. The van der Waals surface area contributed by atoms with Crippen LogP contribution in [-0.4, -0.2) is 49.8 Å². The van der Waals surface area contributed by atoms with Crippen molar-refractivity contribution in [3.05, 3.63) is 22.2 Å². The second-order valence-electron chi connectivity index (χ2n) is 4.46. The van der Waals surface area contributed by atoms with Gasteiger partial charge in [-0.3, -0.25) is 4.57 Å². The van der Waals surface area contributed by atoms with Gasteiger partial charge in [0.15, 0.2) is 6.23 Å². The molecule has 1 aromatic rings. The van der Waals surface area contributed by atoms with Crippen LogP contribution in [0.4, 0.5) is 19.0 Å². The molecule has 1 saturated heterocycles. The summed E-state index contributed by atoms with van der Waals surface area (Å²) in [5.74, 6) is -1.00. The maximum atomic E-state index is 12.7. The molecule has 2 heterocycles. The van der Waals surface area contributed by atoms with Crippen molar-refractivity contribution >= 4 is 5.82 Å². The summed E-state index contributed by atoms with van der Waals surface area (Å²) in [4.78, 5) is 14.6. The van der Waals surface area contributed by atoms with Crippen LogP contribution in [0.15, 0.2) is 11.0 Å². The molecule has 8 nitrogen and oxygen atoms in total. The number of nitrogens with two attached hydrogens (primary N) is 1. The number of aromatic nitrogens is 2. The highest BCUT2D eigenvalue weighted by molar-refractivity contribution is 5.39. The predicted molar refractivity (Wildman–Crippen MR) is 60.9 cm³/mol. The Morgan fingerprint density at radius 1 is 1.38 bits per heavy atom. The van der Waals surface area contributed by atoms with E-state index in [9.17, 15) is 28.2 Å². The maximum Gasteiger partial charge on any atom is 0.421 e. The first kappa shape index (κ1) is 15.7. The number of hydrogen-bond acceptors (Lipinski definition) is 7. The normalized spacial score (nSPS) is 29.8.